The third-order valence-electron chi connectivity index (χ3n) is 3.00. The van der Waals surface area contributed by atoms with Gasteiger partial charge >= 0.3 is 0 Å². The molecule has 2 aromatic rings. The van der Waals surface area contributed by atoms with E-state index in [0.29, 0.717) is 17.8 Å². The van der Waals surface area contributed by atoms with Crippen LogP contribution in [-0.2, 0) is 6.54 Å². The van der Waals surface area contributed by atoms with Crippen LogP contribution in [0.5, 0.6) is 0 Å². The van der Waals surface area contributed by atoms with Crippen molar-refractivity contribution >= 4 is 17.3 Å². The Balaban J connectivity index is 2.12. The van der Waals surface area contributed by atoms with Gasteiger partial charge in [-0.2, -0.15) is 0 Å². The Morgan fingerprint density at radius 1 is 1.30 bits per heavy atom. The van der Waals surface area contributed by atoms with Crippen LogP contribution in [0.25, 0.3) is 0 Å². The predicted octanol–water partition coefficient (Wildman–Crippen LogP) is 1.94. The first-order valence-corrected chi connectivity index (χ1v) is 6.37. The number of nitrogens with one attached hydrogen (secondary N) is 2. The number of aryl methyl sites for hydroxylation is 1. The number of hydrogen-bond donors (Lipinski definition) is 3. The number of benzene rings is 1. The van der Waals surface area contributed by atoms with Crippen molar-refractivity contribution in [3.63, 3.8) is 0 Å². The highest BCUT2D eigenvalue weighted by Gasteiger charge is 2.06. The molecule has 20 heavy (non-hydrogen) atoms. The topological polar surface area (TPSA) is 80.0 Å². The van der Waals surface area contributed by atoms with Crippen LogP contribution in [0, 0.1) is 6.92 Å². The summed E-state index contributed by atoms with van der Waals surface area (Å²) in [6.45, 7) is 2.55. The smallest absolute Gasteiger partial charge is 0.251 e. The molecule has 0 saturated heterocycles. The maximum Gasteiger partial charge on any atom is 0.251 e. The third-order valence-corrected chi connectivity index (χ3v) is 3.00. The average Bonchev–Trinajstić information content (AvgIpc) is 2.47. The summed E-state index contributed by atoms with van der Waals surface area (Å²) in [6, 6.07) is 9.14. The van der Waals surface area contributed by atoms with E-state index in [-0.39, 0.29) is 5.91 Å². The van der Waals surface area contributed by atoms with E-state index in [1.165, 1.54) is 0 Å². The zero-order chi connectivity index (χ0) is 14.5. The molecule has 0 atom stereocenters. The highest BCUT2D eigenvalue weighted by molar-refractivity contribution is 5.96. The molecule has 5 nitrogen and oxygen atoms in total. The number of nitrogens with two attached hydrogens (primary N) is 1. The largest absolute Gasteiger partial charge is 0.397 e. The van der Waals surface area contributed by atoms with Gasteiger partial charge < -0.3 is 16.4 Å². The number of nitrogen functional groups attached to an aromatic ring is 1. The lowest BCUT2D eigenvalue weighted by atomic mass is 10.1. The molecule has 0 spiro atoms. The number of rotatable bonds is 4. The number of nitrogens with zero attached hydrogens (tertiary/aromatic N) is 1. The first-order chi connectivity index (χ1) is 9.60. The highest BCUT2D eigenvalue weighted by atomic mass is 16.1. The van der Waals surface area contributed by atoms with Crippen LogP contribution in [0.4, 0.5) is 11.4 Å². The fourth-order valence-electron chi connectivity index (χ4n) is 1.80. The zero-order valence-electron chi connectivity index (χ0n) is 11.6. The van der Waals surface area contributed by atoms with Crippen molar-refractivity contribution in [2.75, 3.05) is 18.1 Å². The molecule has 0 unspecified atom stereocenters. The molecule has 0 bridgehead atoms. The molecule has 5 heteroatoms. The number of carbonyl (C=O) groups is 1. The minimum Gasteiger partial charge on any atom is -0.397 e. The molecule has 1 aromatic carbocycles. The summed E-state index contributed by atoms with van der Waals surface area (Å²) in [5, 5.41) is 5.81. The van der Waals surface area contributed by atoms with Gasteiger partial charge in [-0.05, 0) is 36.8 Å². The molecule has 0 saturated carbocycles. The molecule has 2 rings (SSSR count). The van der Waals surface area contributed by atoms with Gasteiger partial charge in [0.1, 0.15) is 0 Å². The minimum absolute atomic E-state index is 0.134. The number of pyridine rings is 1. The summed E-state index contributed by atoms with van der Waals surface area (Å²) < 4.78 is 0. The number of amides is 1. The molecule has 1 aromatic heterocycles. The van der Waals surface area contributed by atoms with Gasteiger partial charge in [-0.15, -0.1) is 0 Å². The highest BCUT2D eigenvalue weighted by Crippen LogP contribution is 2.20. The van der Waals surface area contributed by atoms with E-state index >= 15 is 0 Å². The SMILES string of the molecule is CNC(=O)c1ccc(N)c(NCc2ccc(C)nc2)c1. The van der Waals surface area contributed by atoms with E-state index in [1.807, 2.05) is 25.3 Å². The molecular weight excluding hydrogens is 252 g/mol. The maximum atomic E-state index is 11.6. The standard InChI is InChI=1S/C15H18N4O/c1-10-3-4-11(8-18-10)9-19-14-7-12(15(20)17-2)5-6-13(14)16/h3-8,19H,9,16H2,1-2H3,(H,17,20). The van der Waals surface area contributed by atoms with Gasteiger partial charge in [0.15, 0.2) is 0 Å². The van der Waals surface area contributed by atoms with E-state index < -0.39 is 0 Å². The number of aromatic nitrogens is 1. The number of anilines is 2. The van der Waals surface area contributed by atoms with Crippen molar-refractivity contribution in [3.05, 3.63) is 53.3 Å². The Bertz CT molecular complexity index is 608. The molecule has 1 amide bonds. The van der Waals surface area contributed by atoms with Crippen LogP contribution < -0.4 is 16.4 Å². The molecule has 0 aliphatic rings. The molecule has 0 aliphatic heterocycles. The van der Waals surface area contributed by atoms with Gasteiger partial charge in [0.05, 0.1) is 11.4 Å². The molecule has 4 N–H and O–H groups in total. The van der Waals surface area contributed by atoms with E-state index in [4.69, 9.17) is 5.73 Å². The third kappa shape index (κ3) is 3.26. The summed E-state index contributed by atoms with van der Waals surface area (Å²) in [4.78, 5) is 15.8. The van der Waals surface area contributed by atoms with Crippen molar-refractivity contribution < 1.29 is 4.79 Å². The van der Waals surface area contributed by atoms with Crippen molar-refractivity contribution in [1.82, 2.24) is 10.3 Å². The zero-order valence-corrected chi connectivity index (χ0v) is 11.6. The Morgan fingerprint density at radius 2 is 2.10 bits per heavy atom. The van der Waals surface area contributed by atoms with Crippen molar-refractivity contribution in [2.45, 2.75) is 13.5 Å². The lowest BCUT2D eigenvalue weighted by Gasteiger charge is -2.11. The molecule has 0 aliphatic carbocycles. The van der Waals surface area contributed by atoms with Gasteiger partial charge in [0.2, 0.25) is 0 Å². The second-order valence-electron chi connectivity index (χ2n) is 4.54. The first-order valence-electron chi connectivity index (χ1n) is 6.37. The van der Waals surface area contributed by atoms with E-state index in [2.05, 4.69) is 15.6 Å². The van der Waals surface area contributed by atoms with Crippen LogP contribution in [-0.4, -0.2) is 17.9 Å². The Kier molecular flexibility index (Phi) is 4.20. The van der Waals surface area contributed by atoms with Crippen LogP contribution in [0.2, 0.25) is 0 Å². The molecular formula is C15H18N4O. The van der Waals surface area contributed by atoms with Crippen LogP contribution in [0.1, 0.15) is 21.6 Å². The second kappa shape index (κ2) is 6.06. The molecule has 0 radical (unpaired) electrons. The fourth-order valence-corrected chi connectivity index (χ4v) is 1.80. The maximum absolute atomic E-state index is 11.6. The molecule has 104 valence electrons. The Labute approximate surface area is 118 Å². The van der Waals surface area contributed by atoms with Gasteiger partial charge in [-0.1, -0.05) is 6.07 Å². The second-order valence-corrected chi connectivity index (χ2v) is 4.54. The van der Waals surface area contributed by atoms with Crippen molar-refractivity contribution in [2.24, 2.45) is 0 Å². The van der Waals surface area contributed by atoms with Crippen LogP contribution >= 0.6 is 0 Å². The first kappa shape index (κ1) is 13.9. The lowest BCUT2D eigenvalue weighted by Crippen LogP contribution is -2.18. The Morgan fingerprint density at radius 3 is 2.75 bits per heavy atom. The predicted molar refractivity (Wildman–Crippen MR) is 80.5 cm³/mol. The van der Waals surface area contributed by atoms with Crippen LogP contribution in [0.3, 0.4) is 0 Å². The van der Waals surface area contributed by atoms with E-state index in [1.54, 1.807) is 25.2 Å². The Hall–Kier alpha value is -2.56. The summed E-state index contributed by atoms with van der Waals surface area (Å²) in [5.74, 6) is -0.134. The van der Waals surface area contributed by atoms with Gasteiger partial charge in [-0.25, -0.2) is 0 Å². The summed E-state index contributed by atoms with van der Waals surface area (Å²) in [7, 11) is 1.60. The summed E-state index contributed by atoms with van der Waals surface area (Å²) >= 11 is 0. The molecule has 1 heterocycles. The van der Waals surface area contributed by atoms with Crippen molar-refractivity contribution in [3.8, 4) is 0 Å². The summed E-state index contributed by atoms with van der Waals surface area (Å²) in [5.41, 5.74) is 9.87. The molecule has 0 fully saturated rings. The fraction of sp³-hybridized carbons (Fsp3) is 0.200. The minimum atomic E-state index is -0.134. The quantitative estimate of drug-likeness (QED) is 0.742. The van der Waals surface area contributed by atoms with Crippen LogP contribution in [0.15, 0.2) is 36.5 Å². The average molecular weight is 270 g/mol. The monoisotopic (exact) mass is 270 g/mol. The van der Waals surface area contributed by atoms with Gasteiger partial charge in [0, 0.05) is 31.0 Å². The van der Waals surface area contributed by atoms with E-state index in [9.17, 15) is 4.79 Å². The van der Waals surface area contributed by atoms with Gasteiger partial charge in [0.25, 0.3) is 5.91 Å². The summed E-state index contributed by atoms with van der Waals surface area (Å²) in [6.07, 6.45) is 1.82. The normalized spacial score (nSPS) is 10.1. The number of hydrogen-bond acceptors (Lipinski definition) is 4. The number of carbonyl (C=O) groups excluding carboxylic acids is 1. The lowest BCUT2D eigenvalue weighted by molar-refractivity contribution is 0.0963. The van der Waals surface area contributed by atoms with Gasteiger partial charge in [-0.3, -0.25) is 9.78 Å². The van der Waals surface area contributed by atoms with Crippen molar-refractivity contribution in [1.29, 1.82) is 0 Å². The van der Waals surface area contributed by atoms with E-state index in [0.717, 1.165) is 16.9 Å².